The summed E-state index contributed by atoms with van der Waals surface area (Å²) < 4.78 is 27.2. The van der Waals surface area contributed by atoms with E-state index in [2.05, 4.69) is 0 Å². The summed E-state index contributed by atoms with van der Waals surface area (Å²) >= 11 is 0. The molecule has 0 bridgehead atoms. The summed E-state index contributed by atoms with van der Waals surface area (Å²) in [5, 5.41) is 0. The average Bonchev–Trinajstić information content (AvgIpc) is 3.17. The lowest BCUT2D eigenvalue weighted by atomic mass is 10.1. The van der Waals surface area contributed by atoms with Crippen LogP contribution >= 0.6 is 0 Å². The fourth-order valence-corrected chi connectivity index (χ4v) is 4.73. The zero-order valence-electron chi connectivity index (χ0n) is 16.4. The van der Waals surface area contributed by atoms with Crippen LogP contribution in [0.5, 0.6) is 0 Å². The Kier molecular flexibility index (Phi) is 4.88. The number of para-hydroxylation sites is 1. The number of anilines is 2. The summed E-state index contributed by atoms with van der Waals surface area (Å²) in [7, 11) is -2.21. The lowest BCUT2D eigenvalue weighted by molar-refractivity contribution is 0.0989. The van der Waals surface area contributed by atoms with Crippen molar-refractivity contribution in [1.82, 2.24) is 0 Å². The van der Waals surface area contributed by atoms with Crippen LogP contribution < -0.4 is 9.21 Å². The van der Waals surface area contributed by atoms with Crippen LogP contribution in [0.3, 0.4) is 0 Å². The molecular formula is C23H22N2O3S. The Balaban J connectivity index is 1.64. The van der Waals surface area contributed by atoms with Crippen molar-refractivity contribution in [1.29, 1.82) is 0 Å². The van der Waals surface area contributed by atoms with E-state index in [4.69, 9.17) is 0 Å². The first kappa shape index (κ1) is 19.2. The van der Waals surface area contributed by atoms with Crippen molar-refractivity contribution in [3.8, 4) is 0 Å². The van der Waals surface area contributed by atoms with Crippen LogP contribution in [0, 0.1) is 6.92 Å². The molecule has 6 heteroatoms. The van der Waals surface area contributed by atoms with Crippen molar-refractivity contribution < 1.29 is 13.2 Å². The Bertz CT molecular complexity index is 1170. The number of nitrogens with zero attached hydrogens (tertiary/aromatic N) is 2. The Morgan fingerprint density at radius 3 is 2.45 bits per heavy atom. The molecule has 0 aromatic heterocycles. The van der Waals surface area contributed by atoms with Gasteiger partial charge in [-0.05, 0) is 55.3 Å². The molecule has 4 rings (SSSR count). The third kappa shape index (κ3) is 3.51. The molecular weight excluding hydrogens is 384 g/mol. The van der Waals surface area contributed by atoms with Gasteiger partial charge in [0.25, 0.3) is 15.9 Å². The maximum Gasteiger partial charge on any atom is 0.264 e. The molecule has 0 spiro atoms. The standard InChI is InChI=1S/C23H22N2O3S/c1-17-10-12-21(13-11-17)29(27,28)24(2)20-8-5-7-19(16-20)23(26)25-15-14-18-6-3-4-9-22(18)25/h3-13,16H,14-15H2,1-2H3. The Morgan fingerprint density at radius 1 is 0.966 bits per heavy atom. The molecule has 5 nitrogen and oxygen atoms in total. The van der Waals surface area contributed by atoms with Crippen LogP contribution in [0.4, 0.5) is 11.4 Å². The minimum atomic E-state index is -3.71. The molecule has 0 fully saturated rings. The highest BCUT2D eigenvalue weighted by atomic mass is 32.2. The average molecular weight is 407 g/mol. The Labute approximate surface area is 171 Å². The molecule has 0 aliphatic carbocycles. The van der Waals surface area contributed by atoms with E-state index in [9.17, 15) is 13.2 Å². The van der Waals surface area contributed by atoms with E-state index in [0.717, 1.165) is 23.2 Å². The largest absolute Gasteiger partial charge is 0.308 e. The fraction of sp³-hybridized carbons (Fsp3) is 0.174. The second-order valence-electron chi connectivity index (χ2n) is 7.17. The fourth-order valence-electron chi connectivity index (χ4n) is 3.55. The number of hydrogen-bond acceptors (Lipinski definition) is 3. The highest BCUT2D eigenvalue weighted by molar-refractivity contribution is 7.92. The third-order valence-corrected chi connectivity index (χ3v) is 7.07. The van der Waals surface area contributed by atoms with Gasteiger partial charge in [0.2, 0.25) is 0 Å². The number of sulfonamides is 1. The van der Waals surface area contributed by atoms with Gasteiger partial charge in [0.15, 0.2) is 0 Å². The van der Waals surface area contributed by atoms with Gasteiger partial charge in [-0.15, -0.1) is 0 Å². The van der Waals surface area contributed by atoms with Crippen LogP contribution in [0.1, 0.15) is 21.5 Å². The van der Waals surface area contributed by atoms with E-state index in [1.807, 2.05) is 31.2 Å². The predicted molar refractivity (Wildman–Crippen MR) is 115 cm³/mol. The van der Waals surface area contributed by atoms with Gasteiger partial charge in [0, 0.05) is 24.8 Å². The molecule has 0 saturated heterocycles. The SMILES string of the molecule is Cc1ccc(S(=O)(=O)N(C)c2cccc(C(=O)N3CCc4ccccc43)c2)cc1. The van der Waals surface area contributed by atoms with Gasteiger partial charge in [-0.25, -0.2) is 8.42 Å². The van der Waals surface area contributed by atoms with Crippen LogP contribution in [-0.2, 0) is 16.4 Å². The van der Waals surface area contributed by atoms with Crippen molar-refractivity contribution >= 4 is 27.3 Å². The lowest BCUT2D eigenvalue weighted by Crippen LogP contribution is -2.30. The lowest BCUT2D eigenvalue weighted by Gasteiger charge is -2.22. The molecule has 0 unspecified atom stereocenters. The minimum absolute atomic E-state index is 0.127. The van der Waals surface area contributed by atoms with Crippen molar-refractivity contribution in [2.75, 3.05) is 22.8 Å². The maximum absolute atomic E-state index is 13.1. The zero-order chi connectivity index (χ0) is 20.6. The quantitative estimate of drug-likeness (QED) is 0.657. The minimum Gasteiger partial charge on any atom is -0.308 e. The molecule has 0 radical (unpaired) electrons. The van der Waals surface area contributed by atoms with Gasteiger partial charge < -0.3 is 4.90 Å². The molecule has 0 saturated carbocycles. The topological polar surface area (TPSA) is 57.7 Å². The first-order valence-electron chi connectivity index (χ1n) is 9.43. The first-order chi connectivity index (χ1) is 13.9. The maximum atomic E-state index is 13.1. The summed E-state index contributed by atoms with van der Waals surface area (Å²) in [5.74, 6) is -0.127. The first-order valence-corrected chi connectivity index (χ1v) is 10.9. The number of hydrogen-bond donors (Lipinski definition) is 0. The van der Waals surface area contributed by atoms with Crippen LogP contribution in [0.2, 0.25) is 0 Å². The van der Waals surface area contributed by atoms with Crippen LogP contribution in [0.25, 0.3) is 0 Å². The molecule has 148 valence electrons. The van der Waals surface area contributed by atoms with Crippen molar-refractivity contribution in [3.05, 3.63) is 89.5 Å². The number of carbonyl (C=O) groups excluding carboxylic acids is 1. The second-order valence-corrected chi connectivity index (χ2v) is 9.14. The number of rotatable bonds is 4. The van der Waals surface area contributed by atoms with E-state index in [1.165, 1.54) is 11.4 Å². The highest BCUT2D eigenvalue weighted by Gasteiger charge is 2.26. The predicted octanol–water partition coefficient (Wildman–Crippen LogP) is 4.02. The van der Waals surface area contributed by atoms with E-state index in [-0.39, 0.29) is 10.8 Å². The molecule has 0 atom stereocenters. The third-order valence-electron chi connectivity index (χ3n) is 5.27. The van der Waals surface area contributed by atoms with Crippen molar-refractivity contribution in [3.63, 3.8) is 0 Å². The van der Waals surface area contributed by atoms with E-state index >= 15 is 0 Å². The monoisotopic (exact) mass is 406 g/mol. The second kappa shape index (κ2) is 7.37. The van der Waals surface area contributed by atoms with E-state index in [1.54, 1.807) is 53.4 Å². The summed E-state index contributed by atoms with van der Waals surface area (Å²) in [6.45, 7) is 2.53. The summed E-state index contributed by atoms with van der Waals surface area (Å²) in [4.78, 5) is 15.1. The van der Waals surface area contributed by atoms with Gasteiger partial charge in [0.1, 0.15) is 0 Å². The number of benzene rings is 3. The summed E-state index contributed by atoms with van der Waals surface area (Å²) in [6, 6.07) is 21.4. The van der Waals surface area contributed by atoms with Gasteiger partial charge in [-0.2, -0.15) is 0 Å². The zero-order valence-corrected chi connectivity index (χ0v) is 17.2. The van der Waals surface area contributed by atoms with E-state index in [0.29, 0.717) is 17.8 Å². The normalized spacial score (nSPS) is 13.2. The smallest absolute Gasteiger partial charge is 0.264 e. The van der Waals surface area contributed by atoms with Gasteiger partial charge in [-0.1, -0.05) is 42.0 Å². The highest BCUT2D eigenvalue weighted by Crippen LogP contribution is 2.30. The van der Waals surface area contributed by atoms with Crippen LogP contribution in [0.15, 0.2) is 77.7 Å². The molecule has 1 aliphatic heterocycles. The Morgan fingerprint density at radius 2 is 1.69 bits per heavy atom. The Hall–Kier alpha value is -3.12. The molecule has 1 amide bonds. The molecule has 3 aromatic carbocycles. The summed E-state index contributed by atoms with van der Waals surface area (Å²) in [5.41, 5.74) is 3.97. The molecule has 0 N–H and O–H groups in total. The number of aryl methyl sites for hydroxylation is 1. The van der Waals surface area contributed by atoms with Gasteiger partial charge >= 0.3 is 0 Å². The van der Waals surface area contributed by atoms with Crippen LogP contribution in [-0.4, -0.2) is 27.9 Å². The molecule has 1 heterocycles. The number of fused-ring (bicyclic) bond motifs is 1. The number of amides is 1. The van der Waals surface area contributed by atoms with Crippen molar-refractivity contribution in [2.24, 2.45) is 0 Å². The van der Waals surface area contributed by atoms with Crippen molar-refractivity contribution in [2.45, 2.75) is 18.2 Å². The summed E-state index contributed by atoms with van der Waals surface area (Å²) in [6.07, 6.45) is 0.823. The molecule has 3 aromatic rings. The molecule has 29 heavy (non-hydrogen) atoms. The number of carbonyl (C=O) groups is 1. The van der Waals surface area contributed by atoms with Gasteiger partial charge in [0.05, 0.1) is 10.6 Å². The van der Waals surface area contributed by atoms with Gasteiger partial charge in [-0.3, -0.25) is 9.10 Å². The van der Waals surface area contributed by atoms with E-state index < -0.39 is 10.0 Å². The molecule has 1 aliphatic rings.